The van der Waals surface area contributed by atoms with E-state index in [0.29, 0.717) is 18.1 Å². The molecule has 0 bridgehead atoms. The third-order valence-electron chi connectivity index (χ3n) is 3.34. The first-order valence-electron chi connectivity index (χ1n) is 7.67. The summed E-state index contributed by atoms with van der Waals surface area (Å²) in [6.45, 7) is 4.03. The second-order valence-electron chi connectivity index (χ2n) is 5.08. The number of benzene rings is 1. The number of nitrogens with one attached hydrogen (secondary N) is 1. The quantitative estimate of drug-likeness (QED) is 0.485. The number of ether oxygens (including phenoxy) is 1. The fourth-order valence-electron chi connectivity index (χ4n) is 2.19. The van der Waals surface area contributed by atoms with E-state index in [9.17, 15) is 4.79 Å². The molecule has 2 aromatic heterocycles. The maximum atomic E-state index is 12.5. The van der Waals surface area contributed by atoms with Gasteiger partial charge in [0.15, 0.2) is 5.69 Å². The topological polar surface area (TPSA) is 146 Å². The molecule has 1 amide bonds. The molecule has 0 fully saturated rings. The summed E-state index contributed by atoms with van der Waals surface area (Å²) in [4.78, 5) is 12.5. The van der Waals surface area contributed by atoms with Crippen molar-refractivity contribution in [3.05, 3.63) is 41.2 Å². The molecule has 0 unspecified atom stereocenters. The van der Waals surface area contributed by atoms with Crippen LogP contribution in [0.15, 0.2) is 34.0 Å². The Morgan fingerprint density at radius 3 is 2.96 bits per heavy atom. The van der Waals surface area contributed by atoms with E-state index in [0.717, 1.165) is 10.2 Å². The Bertz CT molecular complexity index is 946. The number of hydrogen-bond acceptors (Lipinski definition) is 9. The van der Waals surface area contributed by atoms with Gasteiger partial charge in [-0.1, -0.05) is 17.3 Å². The predicted molar refractivity (Wildman–Crippen MR) is 91.0 cm³/mol. The Morgan fingerprint density at radius 1 is 1.42 bits per heavy atom. The number of nitrogens with two attached hydrogens (primary N) is 1. The monoisotopic (exact) mass is 356 g/mol. The Labute approximate surface area is 147 Å². The number of hydrogen-bond donors (Lipinski definition) is 2. The van der Waals surface area contributed by atoms with Crippen molar-refractivity contribution in [1.29, 1.82) is 0 Å². The van der Waals surface area contributed by atoms with Gasteiger partial charge in [0, 0.05) is 5.56 Å². The van der Waals surface area contributed by atoms with E-state index in [1.54, 1.807) is 6.92 Å². The molecule has 3 N–H and O–H groups in total. The average molecular weight is 356 g/mol. The molecule has 0 saturated heterocycles. The van der Waals surface area contributed by atoms with Gasteiger partial charge < -0.3 is 10.5 Å². The number of nitrogen functional groups attached to an aromatic ring is 1. The molecule has 0 aliphatic rings. The van der Waals surface area contributed by atoms with Crippen LogP contribution in [0.1, 0.15) is 28.7 Å². The van der Waals surface area contributed by atoms with Gasteiger partial charge >= 0.3 is 0 Å². The van der Waals surface area contributed by atoms with Crippen molar-refractivity contribution >= 4 is 17.9 Å². The summed E-state index contributed by atoms with van der Waals surface area (Å²) in [6.07, 6.45) is 1.48. The molecule has 0 atom stereocenters. The van der Waals surface area contributed by atoms with Crippen LogP contribution in [0.25, 0.3) is 5.82 Å². The van der Waals surface area contributed by atoms with Gasteiger partial charge in [0.2, 0.25) is 11.6 Å². The van der Waals surface area contributed by atoms with E-state index >= 15 is 0 Å². The van der Waals surface area contributed by atoms with Crippen LogP contribution >= 0.6 is 0 Å². The standard InChI is InChI=1S/C15H16N8O3/c1-3-25-11-7-5-4-6-10(11)8-17-19-15(24)12-9(2)18-22-23(12)14-13(16)20-26-21-14/h4-8H,3H2,1-2H3,(H2,16,20)(H,19,24)/b17-8+. The zero-order valence-corrected chi connectivity index (χ0v) is 14.1. The molecule has 2 heterocycles. The lowest BCUT2D eigenvalue weighted by Gasteiger charge is -2.06. The molecule has 1 aromatic carbocycles. The van der Waals surface area contributed by atoms with Crippen LogP contribution in [-0.2, 0) is 0 Å². The number of carbonyl (C=O) groups is 1. The van der Waals surface area contributed by atoms with Crippen molar-refractivity contribution in [3.8, 4) is 11.6 Å². The number of rotatable bonds is 6. The predicted octanol–water partition coefficient (Wildman–Crippen LogP) is 0.704. The van der Waals surface area contributed by atoms with Crippen molar-refractivity contribution in [2.75, 3.05) is 12.3 Å². The molecule has 3 aromatic rings. The Hall–Kier alpha value is -3.76. The second kappa shape index (κ2) is 7.42. The third kappa shape index (κ3) is 3.36. The molecule has 0 aliphatic carbocycles. The van der Waals surface area contributed by atoms with Crippen molar-refractivity contribution in [2.45, 2.75) is 13.8 Å². The van der Waals surface area contributed by atoms with E-state index < -0.39 is 5.91 Å². The third-order valence-corrected chi connectivity index (χ3v) is 3.34. The van der Waals surface area contributed by atoms with E-state index in [1.165, 1.54) is 6.21 Å². The van der Waals surface area contributed by atoms with Gasteiger partial charge in [0.1, 0.15) is 5.75 Å². The first kappa shape index (κ1) is 17.1. The van der Waals surface area contributed by atoms with Crippen molar-refractivity contribution in [2.24, 2.45) is 5.10 Å². The van der Waals surface area contributed by atoms with E-state index in [1.807, 2.05) is 31.2 Å². The van der Waals surface area contributed by atoms with Crippen LogP contribution in [-0.4, -0.2) is 44.0 Å². The Kier molecular flexibility index (Phi) is 4.87. The van der Waals surface area contributed by atoms with Gasteiger partial charge in [0.25, 0.3) is 5.91 Å². The second-order valence-corrected chi connectivity index (χ2v) is 5.08. The van der Waals surface area contributed by atoms with E-state index in [2.05, 4.69) is 35.8 Å². The highest BCUT2D eigenvalue weighted by molar-refractivity contribution is 5.95. The van der Waals surface area contributed by atoms with Gasteiger partial charge in [0.05, 0.1) is 18.5 Å². The summed E-state index contributed by atoms with van der Waals surface area (Å²) in [5.41, 5.74) is 9.27. The minimum Gasteiger partial charge on any atom is -0.493 e. The summed E-state index contributed by atoms with van der Waals surface area (Å²) in [5, 5.41) is 18.7. The lowest BCUT2D eigenvalue weighted by Crippen LogP contribution is -2.22. The Morgan fingerprint density at radius 2 is 2.23 bits per heavy atom. The van der Waals surface area contributed by atoms with Crippen molar-refractivity contribution < 1.29 is 14.2 Å². The number of aromatic nitrogens is 5. The number of anilines is 1. The highest BCUT2D eigenvalue weighted by Crippen LogP contribution is 2.16. The van der Waals surface area contributed by atoms with Crippen LogP contribution in [0, 0.1) is 6.92 Å². The largest absolute Gasteiger partial charge is 0.493 e. The van der Waals surface area contributed by atoms with E-state index in [4.69, 9.17) is 10.5 Å². The fraction of sp³-hybridized carbons (Fsp3) is 0.200. The molecule has 0 spiro atoms. The molecular formula is C15H16N8O3. The molecule has 0 radical (unpaired) electrons. The zero-order chi connectivity index (χ0) is 18.5. The van der Waals surface area contributed by atoms with Crippen LogP contribution < -0.4 is 15.9 Å². The minimum absolute atomic E-state index is 0.0157. The molecule has 134 valence electrons. The number of carbonyl (C=O) groups excluding carboxylic acids is 1. The Balaban J connectivity index is 1.80. The van der Waals surface area contributed by atoms with Gasteiger partial charge in [-0.3, -0.25) is 4.79 Å². The van der Waals surface area contributed by atoms with Gasteiger partial charge in [-0.05, 0) is 36.3 Å². The maximum absolute atomic E-state index is 12.5. The average Bonchev–Trinajstić information content (AvgIpc) is 3.21. The van der Waals surface area contributed by atoms with Gasteiger partial charge in [-0.15, -0.1) is 5.10 Å². The van der Waals surface area contributed by atoms with Gasteiger partial charge in [-0.2, -0.15) is 9.78 Å². The number of aryl methyl sites for hydroxylation is 1. The summed E-state index contributed by atoms with van der Waals surface area (Å²) in [5.74, 6) is 0.178. The van der Waals surface area contributed by atoms with Gasteiger partial charge in [-0.25, -0.2) is 10.1 Å². The molecule has 0 saturated carbocycles. The molecule has 0 aliphatic heterocycles. The van der Waals surface area contributed by atoms with Crippen molar-refractivity contribution in [1.82, 2.24) is 30.7 Å². The number of hydrazone groups is 1. The normalized spacial score (nSPS) is 11.0. The van der Waals surface area contributed by atoms with Crippen molar-refractivity contribution in [3.63, 3.8) is 0 Å². The lowest BCUT2D eigenvalue weighted by molar-refractivity contribution is 0.0946. The number of nitrogens with zero attached hydrogens (tertiary/aromatic N) is 6. The minimum atomic E-state index is -0.542. The van der Waals surface area contributed by atoms with Crippen LogP contribution in [0.3, 0.4) is 0 Å². The molecule has 11 nitrogen and oxygen atoms in total. The van der Waals surface area contributed by atoms with Crippen LogP contribution in [0.4, 0.5) is 5.82 Å². The highest BCUT2D eigenvalue weighted by Gasteiger charge is 2.22. The zero-order valence-electron chi connectivity index (χ0n) is 14.1. The molecular weight excluding hydrogens is 340 g/mol. The summed E-state index contributed by atoms with van der Waals surface area (Å²) in [6, 6.07) is 7.33. The summed E-state index contributed by atoms with van der Waals surface area (Å²) >= 11 is 0. The first-order chi connectivity index (χ1) is 12.6. The maximum Gasteiger partial charge on any atom is 0.292 e. The first-order valence-corrected chi connectivity index (χ1v) is 7.67. The fourth-order valence-corrected chi connectivity index (χ4v) is 2.19. The molecule has 3 rings (SSSR count). The number of para-hydroxylation sites is 1. The van der Waals surface area contributed by atoms with Crippen LogP contribution in [0.2, 0.25) is 0 Å². The highest BCUT2D eigenvalue weighted by atomic mass is 16.6. The number of amides is 1. The lowest BCUT2D eigenvalue weighted by atomic mass is 10.2. The van der Waals surface area contributed by atoms with E-state index in [-0.39, 0.29) is 17.3 Å². The summed E-state index contributed by atoms with van der Waals surface area (Å²) < 4.78 is 11.2. The molecule has 26 heavy (non-hydrogen) atoms. The summed E-state index contributed by atoms with van der Waals surface area (Å²) in [7, 11) is 0. The van der Waals surface area contributed by atoms with Crippen LogP contribution in [0.5, 0.6) is 5.75 Å². The SMILES string of the molecule is CCOc1ccccc1/C=N/NC(=O)c1c(C)nnn1-c1nonc1N. The smallest absolute Gasteiger partial charge is 0.292 e. The molecule has 11 heteroatoms.